The molecule has 5 heteroatoms. The smallest absolute Gasteiger partial charge is 0.147 e. The average Bonchev–Trinajstić information content (AvgIpc) is 1.41. The van der Waals surface area contributed by atoms with Crippen LogP contribution in [0.15, 0.2) is 22.1 Å². The van der Waals surface area contributed by atoms with Crippen LogP contribution >= 0.6 is 12.4 Å². The molecule has 0 aromatic carbocycles. The molecule has 0 saturated carbocycles. The largest absolute Gasteiger partial charge is 0.344 e. The maximum atomic E-state index is 3.53. The van der Waals surface area contributed by atoms with Crippen LogP contribution in [0.2, 0.25) is 0 Å². The fourth-order valence-corrected chi connectivity index (χ4v) is 0.431. The Balaban J connectivity index is -0.0000000133. The van der Waals surface area contributed by atoms with Gasteiger partial charge in [-0.3, -0.25) is 0 Å². The summed E-state index contributed by atoms with van der Waals surface area (Å²) in [5.74, 6) is 0. The SMILES string of the molecule is C=[CH][Pt][CH]=C.Cl.N.N.N. The zero-order valence-electron chi connectivity index (χ0n) is 5.41. The van der Waals surface area contributed by atoms with Crippen molar-refractivity contribution >= 4 is 12.4 Å². The molecule has 0 rings (SSSR count). The molecule has 0 aromatic heterocycles. The van der Waals surface area contributed by atoms with Crippen molar-refractivity contribution in [3.8, 4) is 0 Å². The zero-order chi connectivity index (χ0) is 4.12. The summed E-state index contributed by atoms with van der Waals surface area (Å²) in [7, 11) is 0. The van der Waals surface area contributed by atoms with E-state index in [1.807, 2.05) is 8.93 Å². The first kappa shape index (κ1) is 34.5. The molecule has 0 fully saturated rings. The number of rotatable bonds is 2. The molecule has 0 atom stereocenters. The van der Waals surface area contributed by atoms with Gasteiger partial charge in [-0.2, -0.15) is 0 Å². The van der Waals surface area contributed by atoms with E-state index in [4.69, 9.17) is 0 Å². The Morgan fingerprint density at radius 3 is 1.11 bits per heavy atom. The monoisotopic (exact) mass is 336 g/mol. The van der Waals surface area contributed by atoms with Gasteiger partial charge in [0.1, 0.15) is 0 Å². The van der Waals surface area contributed by atoms with Crippen molar-refractivity contribution in [1.82, 2.24) is 18.5 Å². The summed E-state index contributed by atoms with van der Waals surface area (Å²) in [6.07, 6.45) is 0. The van der Waals surface area contributed by atoms with E-state index in [-0.39, 0.29) is 49.4 Å². The van der Waals surface area contributed by atoms with Gasteiger partial charge < -0.3 is 18.5 Å². The zero-order valence-corrected chi connectivity index (χ0v) is 8.50. The van der Waals surface area contributed by atoms with Crippen LogP contribution in [0.5, 0.6) is 0 Å². The summed E-state index contributed by atoms with van der Waals surface area (Å²) in [5, 5.41) is 0. The summed E-state index contributed by atoms with van der Waals surface area (Å²) < 4.78 is 3.85. The van der Waals surface area contributed by atoms with E-state index in [9.17, 15) is 0 Å². The van der Waals surface area contributed by atoms with Crippen LogP contribution < -0.4 is 18.5 Å². The third kappa shape index (κ3) is 61.3. The van der Waals surface area contributed by atoms with Gasteiger partial charge in [0, 0.05) is 0 Å². The Labute approximate surface area is 71.7 Å². The van der Waals surface area contributed by atoms with Crippen molar-refractivity contribution in [2.45, 2.75) is 0 Å². The van der Waals surface area contributed by atoms with E-state index < -0.39 is 0 Å². The molecule has 0 aliphatic heterocycles. The third-order valence-electron chi connectivity index (χ3n) is 0.149. The number of hydrogen-bond acceptors (Lipinski definition) is 3. The van der Waals surface area contributed by atoms with Crippen LogP contribution in [0.3, 0.4) is 0 Å². The molecule has 0 saturated heterocycles. The molecule has 0 unspecified atom stereocenters. The molecule has 3 nitrogen and oxygen atoms in total. The van der Waals surface area contributed by atoms with Gasteiger partial charge in [-0.25, -0.2) is 0 Å². The van der Waals surface area contributed by atoms with Crippen LogP contribution in [0.25, 0.3) is 0 Å². The maximum Gasteiger partial charge on any atom is -0.147 e. The Bertz CT molecular complexity index is 45.1. The molecule has 0 heterocycles. The average molecular weight is 337 g/mol. The molecule has 9 heavy (non-hydrogen) atoms. The number of halogens is 1. The Hall–Kier alpha value is 0.338. The molecular weight excluding hydrogens is 321 g/mol. The molecule has 0 bridgehead atoms. The molecule has 0 amide bonds. The van der Waals surface area contributed by atoms with Gasteiger partial charge in [0.05, 0.1) is 0 Å². The van der Waals surface area contributed by atoms with E-state index in [0.29, 0.717) is 0 Å². The van der Waals surface area contributed by atoms with Crippen molar-refractivity contribution in [3.05, 3.63) is 22.1 Å². The molecule has 0 spiro atoms. The molecular formula is C4H16ClN3Pt. The van der Waals surface area contributed by atoms with Crippen LogP contribution in [0.1, 0.15) is 0 Å². The summed E-state index contributed by atoms with van der Waals surface area (Å²) in [6.45, 7) is 7.06. The van der Waals surface area contributed by atoms with Crippen LogP contribution in [-0.2, 0) is 18.6 Å². The van der Waals surface area contributed by atoms with E-state index in [0.717, 1.165) is 0 Å². The number of hydrogen-bond donors (Lipinski definition) is 3. The normalized spacial score (nSPS) is 4.00. The van der Waals surface area contributed by atoms with Gasteiger partial charge in [0.15, 0.2) is 0 Å². The van der Waals surface area contributed by atoms with Gasteiger partial charge in [-0.15, -0.1) is 12.4 Å². The third-order valence-corrected chi connectivity index (χ3v) is 1.22. The van der Waals surface area contributed by atoms with Crippen LogP contribution in [0.4, 0.5) is 0 Å². The van der Waals surface area contributed by atoms with E-state index in [1.165, 1.54) is 0 Å². The summed E-state index contributed by atoms with van der Waals surface area (Å²) in [4.78, 5) is 0. The fourth-order valence-electron chi connectivity index (χ4n) is 0.0527. The Morgan fingerprint density at radius 1 is 0.889 bits per heavy atom. The first-order valence-corrected chi connectivity index (χ1v) is 3.81. The molecule has 0 aliphatic carbocycles. The van der Waals surface area contributed by atoms with E-state index in [1.54, 1.807) is 0 Å². The van der Waals surface area contributed by atoms with E-state index in [2.05, 4.69) is 13.2 Å². The summed E-state index contributed by atoms with van der Waals surface area (Å²) in [6, 6.07) is 0. The second-order valence-corrected chi connectivity index (χ2v) is 2.98. The quantitative estimate of drug-likeness (QED) is 0.720. The van der Waals surface area contributed by atoms with E-state index >= 15 is 0 Å². The van der Waals surface area contributed by atoms with Crippen molar-refractivity contribution in [2.24, 2.45) is 0 Å². The first-order chi connectivity index (χ1) is 2.41. The van der Waals surface area contributed by atoms with Gasteiger partial charge in [0.25, 0.3) is 0 Å². The van der Waals surface area contributed by atoms with Crippen molar-refractivity contribution in [2.75, 3.05) is 0 Å². The molecule has 64 valence electrons. The van der Waals surface area contributed by atoms with Crippen molar-refractivity contribution < 1.29 is 18.6 Å². The Kier molecular flexibility index (Phi) is 154. The van der Waals surface area contributed by atoms with Crippen LogP contribution in [-0.4, -0.2) is 0 Å². The molecule has 0 aliphatic rings. The minimum Gasteiger partial charge on any atom is -0.344 e. The van der Waals surface area contributed by atoms with Crippen molar-refractivity contribution in [1.29, 1.82) is 0 Å². The maximum absolute atomic E-state index is 3.53. The topological polar surface area (TPSA) is 105 Å². The second-order valence-electron chi connectivity index (χ2n) is 0.364. The van der Waals surface area contributed by atoms with Gasteiger partial charge in [-0.1, -0.05) is 0 Å². The van der Waals surface area contributed by atoms with Gasteiger partial charge in [-0.05, 0) is 0 Å². The predicted molar refractivity (Wildman–Crippen MR) is 42.7 cm³/mol. The molecule has 9 N–H and O–H groups in total. The fraction of sp³-hybridized carbons (Fsp3) is 0. The summed E-state index contributed by atoms with van der Waals surface area (Å²) in [5.41, 5.74) is 0. The minimum atomic E-state index is 0. The van der Waals surface area contributed by atoms with Crippen molar-refractivity contribution in [3.63, 3.8) is 0 Å². The van der Waals surface area contributed by atoms with Gasteiger partial charge >= 0.3 is 40.7 Å². The minimum absolute atomic E-state index is 0. The molecule has 0 radical (unpaired) electrons. The molecule has 0 aromatic rings. The van der Waals surface area contributed by atoms with Gasteiger partial charge in [0.2, 0.25) is 0 Å². The Morgan fingerprint density at radius 2 is 1.11 bits per heavy atom. The summed E-state index contributed by atoms with van der Waals surface area (Å²) >= 11 is 0.151. The second kappa shape index (κ2) is 40.3. The predicted octanol–water partition coefficient (Wildman–Crippen LogP) is 2.26. The van der Waals surface area contributed by atoms with Crippen LogP contribution in [0, 0.1) is 0 Å². The first-order valence-electron chi connectivity index (χ1n) is 1.18. The standard InChI is InChI=1S/2C2H3.ClH.3H3N.Pt/c2*1-2;;;;;/h2*1H,2H2;1H;3*1H3;.